The summed E-state index contributed by atoms with van der Waals surface area (Å²) in [5, 5.41) is 2.96. The Bertz CT molecular complexity index is 700. The van der Waals surface area contributed by atoms with E-state index in [-0.39, 0.29) is 5.91 Å². The summed E-state index contributed by atoms with van der Waals surface area (Å²) in [4.78, 5) is 23.1. The van der Waals surface area contributed by atoms with E-state index in [2.05, 4.69) is 20.2 Å². The second kappa shape index (κ2) is 8.55. The number of amides is 1. The van der Waals surface area contributed by atoms with Crippen molar-refractivity contribution < 1.29 is 14.3 Å². The molecule has 1 N–H and O–H groups in total. The molecule has 0 bridgehead atoms. The molecule has 7 nitrogen and oxygen atoms in total. The van der Waals surface area contributed by atoms with E-state index in [1.807, 2.05) is 6.07 Å². The molecular formula is C18H22N4O3. The van der Waals surface area contributed by atoms with Crippen molar-refractivity contribution in [2.45, 2.75) is 0 Å². The summed E-state index contributed by atoms with van der Waals surface area (Å²) in [5.41, 5.74) is 2.13. The van der Waals surface area contributed by atoms with Gasteiger partial charge in [0.2, 0.25) is 5.88 Å². The lowest BCUT2D eigenvalue weighted by molar-refractivity contribution is 0.0383. The van der Waals surface area contributed by atoms with Crippen molar-refractivity contribution in [2.24, 2.45) is 0 Å². The fourth-order valence-electron chi connectivity index (χ4n) is 2.64. The molecule has 2 aromatic rings. The van der Waals surface area contributed by atoms with Crippen molar-refractivity contribution in [3.63, 3.8) is 0 Å². The first-order valence-electron chi connectivity index (χ1n) is 8.31. The number of methoxy groups -OCH3 is 1. The van der Waals surface area contributed by atoms with E-state index in [9.17, 15) is 4.79 Å². The molecule has 3 heterocycles. The zero-order valence-corrected chi connectivity index (χ0v) is 14.3. The second-order valence-electron chi connectivity index (χ2n) is 5.73. The minimum absolute atomic E-state index is 0.0987. The van der Waals surface area contributed by atoms with Crippen LogP contribution in [0.3, 0.4) is 0 Å². The number of pyridine rings is 2. The van der Waals surface area contributed by atoms with Gasteiger partial charge < -0.3 is 14.8 Å². The smallest absolute Gasteiger partial charge is 0.251 e. The maximum atomic E-state index is 12.4. The predicted molar refractivity (Wildman–Crippen MR) is 93.6 cm³/mol. The van der Waals surface area contributed by atoms with Crippen molar-refractivity contribution in [3.8, 4) is 17.1 Å². The van der Waals surface area contributed by atoms with Crippen LogP contribution in [0.2, 0.25) is 0 Å². The van der Waals surface area contributed by atoms with E-state index in [1.165, 1.54) is 0 Å². The summed E-state index contributed by atoms with van der Waals surface area (Å²) in [6.07, 6.45) is 3.32. The Kier molecular flexibility index (Phi) is 5.92. The molecule has 132 valence electrons. The molecule has 0 atom stereocenters. The van der Waals surface area contributed by atoms with Crippen molar-refractivity contribution in [1.82, 2.24) is 20.2 Å². The van der Waals surface area contributed by atoms with Gasteiger partial charge in [0.1, 0.15) is 0 Å². The number of rotatable bonds is 6. The van der Waals surface area contributed by atoms with Crippen LogP contribution in [-0.2, 0) is 4.74 Å². The lowest BCUT2D eigenvalue weighted by atomic mass is 10.1. The van der Waals surface area contributed by atoms with Gasteiger partial charge >= 0.3 is 0 Å². The Morgan fingerprint density at radius 2 is 2.12 bits per heavy atom. The molecule has 0 aromatic carbocycles. The van der Waals surface area contributed by atoms with Crippen molar-refractivity contribution in [2.75, 3.05) is 46.5 Å². The van der Waals surface area contributed by atoms with Crippen LogP contribution in [0.5, 0.6) is 5.88 Å². The third kappa shape index (κ3) is 4.74. The summed E-state index contributed by atoms with van der Waals surface area (Å²) in [6, 6.07) is 7.12. The topological polar surface area (TPSA) is 76.6 Å². The number of morpholine rings is 1. The quantitative estimate of drug-likeness (QED) is 0.850. The van der Waals surface area contributed by atoms with Gasteiger partial charge in [-0.3, -0.25) is 14.7 Å². The molecule has 1 fully saturated rings. The first kappa shape index (κ1) is 17.3. The SMILES string of the molecule is COc1ccc(-c2cc(C(=O)NCCN3CCOCC3)ccn2)cn1. The summed E-state index contributed by atoms with van der Waals surface area (Å²) >= 11 is 0. The van der Waals surface area contributed by atoms with E-state index >= 15 is 0 Å². The highest BCUT2D eigenvalue weighted by Gasteiger charge is 2.12. The van der Waals surface area contributed by atoms with Gasteiger partial charge in [0.05, 0.1) is 26.0 Å². The van der Waals surface area contributed by atoms with Gasteiger partial charge in [-0.15, -0.1) is 0 Å². The minimum Gasteiger partial charge on any atom is -0.481 e. The standard InChI is InChI=1S/C18H22N4O3/c1-24-17-3-2-15(13-21-17)16-12-14(4-5-19-16)18(23)20-6-7-22-8-10-25-11-9-22/h2-5,12-13H,6-11H2,1H3,(H,20,23). The highest BCUT2D eigenvalue weighted by Crippen LogP contribution is 2.19. The van der Waals surface area contributed by atoms with Crippen LogP contribution < -0.4 is 10.1 Å². The molecule has 25 heavy (non-hydrogen) atoms. The Balaban J connectivity index is 1.58. The van der Waals surface area contributed by atoms with Gasteiger partial charge in [-0.2, -0.15) is 0 Å². The van der Waals surface area contributed by atoms with Gasteiger partial charge in [-0.05, 0) is 18.2 Å². The van der Waals surface area contributed by atoms with Crippen LogP contribution in [0.25, 0.3) is 11.3 Å². The normalized spacial score (nSPS) is 14.9. The molecule has 7 heteroatoms. The van der Waals surface area contributed by atoms with E-state index in [4.69, 9.17) is 9.47 Å². The Morgan fingerprint density at radius 1 is 1.28 bits per heavy atom. The van der Waals surface area contributed by atoms with Crippen LogP contribution in [0, 0.1) is 0 Å². The number of aromatic nitrogens is 2. The summed E-state index contributed by atoms with van der Waals surface area (Å²) < 4.78 is 10.4. The van der Waals surface area contributed by atoms with Crippen LogP contribution in [0.1, 0.15) is 10.4 Å². The first-order valence-corrected chi connectivity index (χ1v) is 8.31. The summed E-state index contributed by atoms with van der Waals surface area (Å²) in [6.45, 7) is 4.80. The Morgan fingerprint density at radius 3 is 2.84 bits per heavy atom. The molecule has 0 saturated carbocycles. The van der Waals surface area contributed by atoms with Crippen molar-refractivity contribution in [3.05, 3.63) is 42.2 Å². The molecular weight excluding hydrogens is 320 g/mol. The first-order chi connectivity index (χ1) is 12.3. The Labute approximate surface area is 147 Å². The highest BCUT2D eigenvalue weighted by molar-refractivity contribution is 5.95. The van der Waals surface area contributed by atoms with Gasteiger partial charge in [0.15, 0.2) is 0 Å². The third-order valence-corrected chi connectivity index (χ3v) is 4.08. The fourth-order valence-corrected chi connectivity index (χ4v) is 2.64. The molecule has 1 saturated heterocycles. The molecule has 1 amide bonds. The van der Waals surface area contributed by atoms with Crippen molar-refractivity contribution in [1.29, 1.82) is 0 Å². The molecule has 1 aliphatic heterocycles. The highest BCUT2D eigenvalue weighted by atomic mass is 16.5. The number of carbonyl (C=O) groups is 1. The molecule has 2 aromatic heterocycles. The largest absolute Gasteiger partial charge is 0.481 e. The molecule has 0 radical (unpaired) electrons. The molecule has 0 aliphatic carbocycles. The predicted octanol–water partition coefficient (Wildman–Crippen LogP) is 1.21. The van der Waals surface area contributed by atoms with E-state index < -0.39 is 0 Å². The number of carbonyl (C=O) groups excluding carboxylic acids is 1. The van der Waals surface area contributed by atoms with Gasteiger partial charge in [0, 0.05) is 55.8 Å². The zero-order valence-electron chi connectivity index (χ0n) is 14.3. The lowest BCUT2D eigenvalue weighted by Crippen LogP contribution is -2.41. The van der Waals surface area contributed by atoms with Crippen LogP contribution in [-0.4, -0.2) is 67.3 Å². The van der Waals surface area contributed by atoms with E-state index in [1.54, 1.807) is 37.7 Å². The van der Waals surface area contributed by atoms with Crippen LogP contribution in [0.15, 0.2) is 36.7 Å². The van der Waals surface area contributed by atoms with Gasteiger partial charge in [-0.1, -0.05) is 0 Å². The maximum absolute atomic E-state index is 12.4. The Hall–Kier alpha value is -2.51. The number of hydrogen-bond donors (Lipinski definition) is 1. The summed E-state index contributed by atoms with van der Waals surface area (Å²) in [7, 11) is 1.57. The number of hydrogen-bond acceptors (Lipinski definition) is 6. The molecule has 1 aliphatic rings. The summed E-state index contributed by atoms with van der Waals surface area (Å²) in [5.74, 6) is 0.444. The number of ether oxygens (including phenoxy) is 2. The minimum atomic E-state index is -0.0987. The van der Waals surface area contributed by atoms with E-state index in [0.717, 1.165) is 38.4 Å². The fraction of sp³-hybridized carbons (Fsp3) is 0.389. The molecule has 0 unspecified atom stereocenters. The number of nitrogens with zero attached hydrogens (tertiary/aromatic N) is 3. The zero-order chi connectivity index (χ0) is 17.5. The van der Waals surface area contributed by atoms with Gasteiger partial charge in [0.25, 0.3) is 5.91 Å². The average Bonchev–Trinajstić information content (AvgIpc) is 2.69. The monoisotopic (exact) mass is 342 g/mol. The average molecular weight is 342 g/mol. The van der Waals surface area contributed by atoms with Crippen molar-refractivity contribution >= 4 is 5.91 Å². The van der Waals surface area contributed by atoms with Crippen LogP contribution >= 0.6 is 0 Å². The lowest BCUT2D eigenvalue weighted by Gasteiger charge is -2.26. The maximum Gasteiger partial charge on any atom is 0.251 e. The molecule has 3 rings (SSSR count). The molecule has 0 spiro atoms. The number of nitrogens with one attached hydrogen (secondary N) is 1. The van der Waals surface area contributed by atoms with Crippen LogP contribution in [0.4, 0.5) is 0 Å². The van der Waals surface area contributed by atoms with E-state index in [0.29, 0.717) is 23.7 Å². The van der Waals surface area contributed by atoms with Gasteiger partial charge in [-0.25, -0.2) is 4.98 Å². The second-order valence-corrected chi connectivity index (χ2v) is 5.73. The third-order valence-electron chi connectivity index (χ3n) is 4.08.